The van der Waals surface area contributed by atoms with Gasteiger partial charge in [0.25, 0.3) is 0 Å². The molecule has 3 nitrogen and oxygen atoms in total. The van der Waals surface area contributed by atoms with Crippen LogP contribution in [0.3, 0.4) is 0 Å². The number of nitrogens with zero attached hydrogens (tertiary/aromatic N) is 1. The molecule has 1 aromatic rings. The Hall–Kier alpha value is -1.13. The van der Waals surface area contributed by atoms with Crippen LogP contribution in [0.15, 0.2) is 24.3 Å². The molecule has 1 aromatic carbocycles. The first-order valence-electron chi connectivity index (χ1n) is 6.50. The second-order valence-corrected chi connectivity index (χ2v) is 5.08. The van der Waals surface area contributed by atoms with Crippen LogP contribution in [0.4, 0.5) is 4.39 Å². The number of halogens is 2. The van der Waals surface area contributed by atoms with E-state index in [-0.39, 0.29) is 30.0 Å². The van der Waals surface area contributed by atoms with Crippen LogP contribution in [0.1, 0.15) is 17.9 Å². The maximum atomic E-state index is 12.8. The first-order valence-corrected chi connectivity index (χ1v) is 6.50. The van der Waals surface area contributed by atoms with Gasteiger partial charge in [-0.15, -0.1) is 12.4 Å². The van der Waals surface area contributed by atoms with Crippen LogP contribution >= 0.6 is 12.4 Å². The van der Waals surface area contributed by atoms with Crippen molar-refractivity contribution in [3.05, 3.63) is 35.6 Å². The average Bonchev–Trinajstić information content (AvgIpc) is 3.20. The molecule has 0 bridgehead atoms. The monoisotopic (exact) mass is 284 g/mol. The van der Waals surface area contributed by atoms with E-state index in [1.165, 1.54) is 12.1 Å². The van der Waals surface area contributed by atoms with Crippen LogP contribution in [0.5, 0.6) is 0 Å². The standard InChI is InChI=1S/C14H17FN2O.ClH/c15-11-3-1-10(2-4-11)12-9-13(12)14(18)17-7-5-16-6-8-17;/h1-4,12-13,16H,5-9H2;1H. The van der Waals surface area contributed by atoms with Gasteiger partial charge in [-0.1, -0.05) is 12.1 Å². The maximum absolute atomic E-state index is 12.8. The molecule has 2 atom stereocenters. The number of benzene rings is 1. The summed E-state index contributed by atoms with van der Waals surface area (Å²) in [7, 11) is 0. The van der Waals surface area contributed by atoms with Gasteiger partial charge in [-0.25, -0.2) is 4.39 Å². The van der Waals surface area contributed by atoms with Gasteiger partial charge in [0, 0.05) is 32.1 Å². The molecule has 1 saturated carbocycles. The molecule has 2 fully saturated rings. The molecule has 1 aliphatic carbocycles. The molecule has 0 radical (unpaired) electrons. The second-order valence-electron chi connectivity index (χ2n) is 5.08. The second kappa shape index (κ2) is 5.88. The topological polar surface area (TPSA) is 32.3 Å². The van der Waals surface area contributed by atoms with E-state index in [4.69, 9.17) is 0 Å². The SMILES string of the molecule is Cl.O=C(C1CC1c1ccc(F)cc1)N1CCNCC1. The van der Waals surface area contributed by atoms with Crippen LogP contribution in [0.2, 0.25) is 0 Å². The van der Waals surface area contributed by atoms with Gasteiger partial charge < -0.3 is 10.2 Å². The number of carbonyl (C=O) groups excluding carboxylic acids is 1. The van der Waals surface area contributed by atoms with Crippen molar-refractivity contribution in [2.24, 2.45) is 5.92 Å². The van der Waals surface area contributed by atoms with E-state index >= 15 is 0 Å². The van der Waals surface area contributed by atoms with Crippen LogP contribution in [-0.4, -0.2) is 37.0 Å². The third kappa shape index (κ3) is 3.07. The quantitative estimate of drug-likeness (QED) is 0.898. The molecule has 2 aliphatic rings. The van der Waals surface area contributed by atoms with E-state index in [9.17, 15) is 9.18 Å². The van der Waals surface area contributed by atoms with Crippen molar-refractivity contribution in [1.29, 1.82) is 0 Å². The van der Waals surface area contributed by atoms with Gasteiger partial charge in [0.2, 0.25) is 5.91 Å². The summed E-state index contributed by atoms with van der Waals surface area (Å²) >= 11 is 0. The summed E-state index contributed by atoms with van der Waals surface area (Å²) in [5, 5.41) is 3.24. The predicted octanol–water partition coefficient (Wildman–Crippen LogP) is 1.78. The minimum Gasteiger partial charge on any atom is -0.340 e. The zero-order chi connectivity index (χ0) is 12.5. The molecule has 2 unspecified atom stereocenters. The summed E-state index contributed by atoms with van der Waals surface area (Å²) in [6, 6.07) is 6.54. The van der Waals surface area contributed by atoms with Crippen LogP contribution < -0.4 is 5.32 Å². The molecule has 1 saturated heterocycles. The van der Waals surface area contributed by atoms with E-state index in [1.54, 1.807) is 12.1 Å². The van der Waals surface area contributed by atoms with E-state index in [1.807, 2.05) is 4.90 Å². The summed E-state index contributed by atoms with van der Waals surface area (Å²) in [4.78, 5) is 14.2. The highest BCUT2D eigenvalue weighted by atomic mass is 35.5. The van der Waals surface area contributed by atoms with Gasteiger partial charge in [0.1, 0.15) is 5.82 Å². The number of hydrogen-bond donors (Lipinski definition) is 1. The third-order valence-electron chi connectivity index (χ3n) is 3.83. The molecule has 3 rings (SSSR count). The van der Waals surface area contributed by atoms with E-state index in [0.29, 0.717) is 5.92 Å². The van der Waals surface area contributed by atoms with Crippen LogP contribution in [0, 0.1) is 11.7 Å². The minimum atomic E-state index is -0.218. The zero-order valence-electron chi connectivity index (χ0n) is 10.6. The number of hydrogen-bond acceptors (Lipinski definition) is 2. The molecular formula is C14H18ClFN2O. The van der Waals surface area contributed by atoms with Crippen molar-refractivity contribution >= 4 is 18.3 Å². The molecule has 1 N–H and O–H groups in total. The van der Waals surface area contributed by atoms with Crippen LogP contribution in [-0.2, 0) is 4.79 Å². The Balaban J connectivity index is 0.00000133. The highest BCUT2D eigenvalue weighted by Gasteiger charge is 2.45. The molecule has 1 heterocycles. The Labute approximate surface area is 118 Å². The Morgan fingerprint density at radius 2 is 1.84 bits per heavy atom. The average molecular weight is 285 g/mol. The van der Waals surface area contributed by atoms with Crippen molar-refractivity contribution in [3.8, 4) is 0 Å². The normalized spacial score (nSPS) is 25.6. The van der Waals surface area contributed by atoms with Gasteiger partial charge in [-0.3, -0.25) is 4.79 Å². The van der Waals surface area contributed by atoms with Gasteiger partial charge in [0.05, 0.1) is 0 Å². The zero-order valence-corrected chi connectivity index (χ0v) is 11.5. The smallest absolute Gasteiger partial charge is 0.226 e. The first kappa shape index (κ1) is 14.3. The minimum absolute atomic E-state index is 0. The Kier molecular flexibility index (Phi) is 4.42. The number of rotatable bonds is 2. The molecule has 1 aliphatic heterocycles. The van der Waals surface area contributed by atoms with Gasteiger partial charge in [-0.2, -0.15) is 0 Å². The summed E-state index contributed by atoms with van der Waals surface area (Å²) in [6.45, 7) is 3.40. The number of nitrogens with one attached hydrogen (secondary N) is 1. The van der Waals surface area contributed by atoms with Gasteiger partial charge in [0.15, 0.2) is 0 Å². The van der Waals surface area contributed by atoms with Crippen molar-refractivity contribution in [2.45, 2.75) is 12.3 Å². The van der Waals surface area contributed by atoms with E-state index in [2.05, 4.69) is 5.32 Å². The summed E-state index contributed by atoms with van der Waals surface area (Å²) < 4.78 is 12.8. The lowest BCUT2D eigenvalue weighted by molar-refractivity contribution is -0.133. The lowest BCUT2D eigenvalue weighted by atomic mass is 10.1. The Morgan fingerprint density at radius 1 is 1.21 bits per heavy atom. The van der Waals surface area contributed by atoms with E-state index < -0.39 is 0 Å². The molecule has 5 heteroatoms. The highest BCUT2D eigenvalue weighted by molar-refractivity contribution is 5.85. The predicted molar refractivity (Wildman–Crippen MR) is 73.9 cm³/mol. The van der Waals surface area contributed by atoms with Crippen molar-refractivity contribution in [3.63, 3.8) is 0 Å². The summed E-state index contributed by atoms with van der Waals surface area (Å²) in [5.41, 5.74) is 1.09. The fourth-order valence-corrected chi connectivity index (χ4v) is 2.67. The van der Waals surface area contributed by atoms with Gasteiger partial charge in [-0.05, 0) is 30.0 Å². The lowest BCUT2D eigenvalue weighted by Gasteiger charge is -2.27. The molecular weight excluding hydrogens is 267 g/mol. The Morgan fingerprint density at radius 3 is 2.47 bits per heavy atom. The summed E-state index contributed by atoms with van der Waals surface area (Å²) in [6.07, 6.45) is 0.911. The Bertz CT molecular complexity index is 445. The maximum Gasteiger partial charge on any atom is 0.226 e. The molecule has 0 aromatic heterocycles. The van der Waals surface area contributed by atoms with Gasteiger partial charge >= 0.3 is 0 Å². The van der Waals surface area contributed by atoms with Crippen molar-refractivity contribution in [2.75, 3.05) is 26.2 Å². The van der Waals surface area contributed by atoms with Crippen LogP contribution in [0.25, 0.3) is 0 Å². The molecule has 0 spiro atoms. The molecule has 104 valence electrons. The van der Waals surface area contributed by atoms with Crippen molar-refractivity contribution < 1.29 is 9.18 Å². The third-order valence-corrected chi connectivity index (χ3v) is 3.83. The highest BCUT2D eigenvalue weighted by Crippen LogP contribution is 2.48. The van der Waals surface area contributed by atoms with E-state index in [0.717, 1.165) is 38.2 Å². The number of piperazine rings is 1. The number of amides is 1. The molecule has 19 heavy (non-hydrogen) atoms. The summed E-state index contributed by atoms with van der Waals surface area (Å²) in [5.74, 6) is 0.469. The largest absolute Gasteiger partial charge is 0.340 e. The fraction of sp³-hybridized carbons (Fsp3) is 0.500. The van der Waals surface area contributed by atoms with Crippen molar-refractivity contribution in [1.82, 2.24) is 10.2 Å². The number of carbonyl (C=O) groups is 1. The molecule has 1 amide bonds. The fourth-order valence-electron chi connectivity index (χ4n) is 2.67. The first-order chi connectivity index (χ1) is 8.75. The lowest BCUT2D eigenvalue weighted by Crippen LogP contribution is -2.47.